The van der Waals surface area contributed by atoms with Gasteiger partial charge >= 0.3 is 0 Å². The lowest BCUT2D eigenvalue weighted by atomic mass is 9.77. The summed E-state index contributed by atoms with van der Waals surface area (Å²) in [5.74, 6) is 2.97. The lowest BCUT2D eigenvalue weighted by Crippen LogP contribution is -2.17. The number of aliphatic hydroxyl groups is 1. The molecule has 2 heteroatoms. The van der Waals surface area contributed by atoms with Crippen molar-refractivity contribution in [2.45, 2.75) is 126 Å². The van der Waals surface area contributed by atoms with E-state index >= 15 is 0 Å². The zero-order valence-electron chi connectivity index (χ0n) is 25.8. The summed E-state index contributed by atoms with van der Waals surface area (Å²) in [6, 6.07) is 0. The highest BCUT2D eigenvalue weighted by atomic mass is 16.5. The summed E-state index contributed by atoms with van der Waals surface area (Å²) in [6.45, 7) is 17.6. The van der Waals surface area contributed by atoms with Gasteiger partial charge in [0.25, 0.3) is 0 Å². The van der Waals surface area contributed by atoms with Gasteiger partial charge in [0.2, 0.25) is 0 Å². The maximum atomic E-state index is 9.59. The molecule has 2 rings (SSSR count). The van der Waals surface area contributed by atoms with Gasteiger partial charge in [-0.05, 0) is 105 Å². The van der Waals surface area contributed by atoms with E-state index in [0.29, 0.717) is 30.3 Å². The standard InChI is InChI=1S/C35H60O2/c1-9-30-16-17-33(21-31(30)10-2)27(6)14-15-28(7)35-19-18-34(22-32(35)11-3)26(5)13-12-25(4)20-29(23-36)24-37-8/h21-22,25-29,36H,9-20,23-24H2,1-8H3. The average molecular weight is 513 g/mol. The van der Waals surface area contributed by atoms with E-state index < -0.39 is 0 Å². The van der Waals surface area contributed by atoms with Gasteiger partial charge in [-0.1, -0.05) is 89.3 Å². The fourth-order valence-electron chi connectivity index (χ4n) is 6.80. The van der Waals surface area contributed by atoms with Crippen LogP contribution in [0.1, 0.15) is 126 Å². The molecule has 2 nitrogen and oxygen atoms in total. The molecule has 5 unspecified atom stereocenters. The summed E-state index contributed by atoms with van der Waals surface area (Å²) in [5.41, 5.74) is 10.1. The quantitative estimate of drug-likeness (QED) is 0.210. The van der Waals surface area contributed by atoms with Crippen LogP contribution < -0.4 is 0 Å². The van der Waals surface area contributed by atoms with Crippen LogP contribution in [0.3, 0.4) is 0 Å². The van der Waals surface area contributed by atoms with Crippen LogP contribution >= 0.6 is 0 Å². The molecule has 0 spiro atoms. The maximum absolute atomic E-state index is 9.59. The second kappa shape index (κ2) is 16.8. The first-order valence-corrected chi connectivity index (χ1v) is 15.7. The molecular weight excluding hydrogens is 452 g/mol. The first kappa shape index (κ1) is 32.1. The summed E-state index contributed by atoms with van der Waals surface area (Å²) < 4.78 is 5.27. The molecule has 0 fully saturated rings. The van der Waals surface area contributed by atoms with Crippen molar-refractivity contribution < 1.29 is 9.84 Å². The number of methoxy groups -OCH3 is 1. The van der Waals surface area contributed by atoms with Crippen molar-refractivity contribution in [1.82, 2.24) is 0 Å². The highest BCUT2D eigenvalue weighted by Gasteiger charge is 2.23. The minimum atomic E-state index is 0.234. The van der Waals surface area contributed by atoms with E-state index in [0.717, 1.165) is 12.8 Å². The Bertz CT molecular complexity index is 811. The van der Waals surface area contributed by atoms with Crippen molar-refractivity contribution in [1.29, 1.82) is 0 Å². The molecule has 2 aliphatic carbocycles. The molecule has 0 saturated heterocycles. The molecule has 0 heterocycles. The van der Waals surface area contributed by atoms with E-state index in [9.17, 15) is 5.11 Å². The number of aliphatic hydroxyl groups excluding tert-OH is 1. The maximum Gasteiger partial charge on any atom is 0.0512 e. The van der Waals surface area contributed by atoms with Crippen LogP contribution in [0.2, 0.25) is 0 Å². The van der Waals surface area contributed by atoms with Crippen LogP contribution in [0.5, 0.6) is 0 Å². The van der Waals surface area contributed by atoms with Gasteiger partial charge in [0.15, 0.2) is 0 Å². The first-order chi connectivity index (χ1) is 17.8. The Morgan fingerprint density at radius 3 is 1.86 bits per heavy atom. The first-order valence-electron chi connectivity index (χ1n) is 15.7. The van der Waals surface area contributed by atoms with Gasteiger partial charge in [-0.3, -0.25) is 0 Å². The molecule has 2 aliphatic rings. The summed E-state index contributed by atoms with van der Waals surface area (Å²) in [6.07, 6.45) is 20.0. The molecule has 0 aromatic carbocycles. The molecule has 0 aromatic rings. The zero-order valence-corrected chi connectivity index (χ0v) is 25.8. The number of ether oxygens (including phenoxy) is 1. The van der Waals surface area contributed by atoms with E-state index in [4.69, 9.17) is 4.74 Å². The van der Waals surface area contributed by atoms with Crippen molar-refractivity contribution >= 4 is 0 Å². The van der Waals surface area contributed by atoms with Crippen molar-refractivity contribution in [3.05, 3.63) is 45.6 Å². The van der Waals surface area contributed by atoms with E-state index in [1.165, 1.54) is 64.2 Å². The van der Waals surface area contributed by atoms with E-state index in [1.807, 2.05) is 0 Å². The second-order valence-corrected chi connectivity index (χ2v) is 12.4. The second-order valence-electron chi connectivity index (χ2n) is 12.4. The fraction of sp³-hybridized carbons (Fsp3) is 0.771. The molecule has 1 N–H and O–H groups in total. The minimum absolute atomic E-state index is 0.234. The molecule has 0 aromatic heterocycles. The fourth-order valence-corrected chi connectivity index (χ4v) is 6.80. The minimum Gasteiger partial charge on any atom is -0.396 e. The van der Waals surface area contributed by atoms with Crippen molar-refractivity contribution in [2.24, 2.45) is 29.6 Å². The Kier molecular flexibility index (Phi) is 14.5. The van der Waals surface area contributed by atoms with Gasteiger partial charge in [-0.25, -0.2) is 0 Å². The Balaban J connectivity index is 1.94. The molecule has 0 amide bonds. The van der Waals surface area contributed by atoms with Gasteiger partial charge in [-0.15, -0.1) is 0 Å². The lowest BCUT2D eigenvalue weighted by molar-refractivity contribution is 0.0950. The highest BCUT2D eigenvalue weighted by Crippen LogP contribution is 2.39. The molecule has 0 bridgehead atoms. The average Bonchev–Trinajstić information content (AvgIpc) is 2.93. The smallest absolute Gasteiger partial charge is 0.0512 e. The summed E-state index contributed by atoms with van der Waals surface area (Å²) in [7, 11) is 1.73. The number of hydrogen-bond acceptors (Lipinski definition) is 2. The van der Waals surface area contributed by atoms with Crippen molar-refractivity contribution in [3.63, 3.8) is 0 Å². The third-order valence-corrected chi connectivity index (χ3v) is 9.56. The molecule has 0 radical (unpaired) electrons. The van der Waals surface area contributed by atoms with Crippen molar-refractivity contribution in [3.8, 4) is 0 Å². The van der Waals surface area contributed by atoms with E-state index in [1.54, 1.807) is 40.5 Å². The van der Waals surface area contributed by atoms with Crippen LogP contribution in [0.25, 0.3) is 0 Å². The van der Waals surface area contributed by atoms with Crippen LogP contribution in [0, 0.1) is 29.6 Å². The number of rotatable bonds is 17. The Morgan fingerprint density at radius 1 is 0.730 bits per heavy atom. The molecule has 5 atom stereocenters. The monoisotopic (exact) mass is 512 g/mol. The predicted octanol–water partition coefficient (Wildman–Crippen LogP) is 10.00. The SMILES string of the molecule is CCC1=C(CC)CCC(C(C)CCC(C)C2=C(CC)C=C(C(C)CCC(C)CC(CO)COC)CC2)=C1. The van der Waals surface area contributed by atoms with Gasteiger partial charge in [0.05, 0.1) is 6.61 Å². The third kappa shape index (κ3) is 9.85. The third-order valence-electron chi connectivity index (χ3n) is 9.56. The summed E-state index contributed by atoms with van der Waals surface area (Å²) in [4.78, 5) is 0. The molecular formula is C35H60O2. The summed E-state index contributed by atoms with van der Waals surface area (Å²) >= 11 is 0. The van der Waals surface area contributed by atoms with Crippen LogP contribution in [0.4, 0.5) is 0 Å². The van der Waals surface area contributed by atoms with Gasteiger partial charge in [0.1, 0.15) is 0 Å². The Labute approximate surface area is 230 Å². The van der Waals surface area contributed by atoms with Crippen molar-refractivity contribution in [2.75, 3.05) is 20.3 Å². The van der Waals surface area contributed by atoms with E-state index in [2.05, 4.69) is 60.6 Å². The lowest BCUT2D eigenvalue weighted by Gasteiger charge is -2.29. The van der Waals surface area contributed by atoms with Gasteiger partial charge < -0.3 is 9.84 Å². The highest BCUT2D eigenvalue weighted by molar-refractivity contribution is 5.36. The largest absolute Gasteiger partial charge is 0.396 e. The summed E-state index contributed by atoms with van der Waals surface area (Å²) in [5, 5.41) is 9.59. The predicted molar refractivity (Wildman–Crippen MR) is 162 cm³/mol. The molecule has 37 heavy (non-hydrogen) atoms. The number of hydrogen-bond donors (Lipinski definition) is 1. The zero-order chi connectivity index (χ0) is 27.4. The van der Waals surface area contributed by atoms with Gasteiger partial charge in [-0.2, -0.15) is 0 Å². The Hall–Kier alpha value is -1.12. The molecule has 212 valence electrons. The Morgan fingerprint density at radius 2 is 1.30 bits per heavy atom. The normalized spacial score (nSPS) is 20.9. The van der Waals surface area contributed by atoms with Crippen LogP contribution in [-0.4, -0.2) is 25.4 Å². The van der Waals surface area contributed by atoms with Crippen LogP contribution in [-0.2, 0) is 4.74 Å². The van der Waals surface area contributed by atoms with Crippen LogP contribution in [0.15, 0.2) is 45.6 Å². The van der Waals surface area contributed by atoms with Gasteiger partial charge in [0, 0.05) is 19.6 Å². The topological polar surface area (TPSA) is 29.5 Å². The molecule has 0 aliphatic heterocycles. The number of allylic oxidation sites excluding steroid dienone is 8. The van der Waals surface area contributed by atoms with E-state index in [-0.39, 0.29) is 12.5 Å². The molecule has 0 saturated carbocycles.